The number of nitrogens with two attached hydrogens (primary N) is 1. The number of benzene rings is 1. The lowest BCUT2D eigenvalue weighted by atomic mass is 9.95. The Morgan fingerprint density at radius 3 is 2.62 bits per heavy atom. The van der Waals surface area contributed by atoms with Crippen LogP contribution in [0.2, 0.25) is 0 Å². The number of hydrogen-bond donors (Lipinski definition) is 2. The van der Waals surface area contributed by atoms with Gasteiger partial charge in [-0.2, -0.15) is 13.2 Å². The molecule has 2 fully saturated rings. The van der Waals surface area contributed by atoms with Gasteiger partial charge in [0, 0.05) is 11.3 Å². The van der Waals surface area contributed by atoms with Gasteiger partial charge in [-0.3, -0.25) is 0 Å². The Morgan fingerprint density at radius 2 is 2.10 bits per heavy atom. The molecule has 3 N–H and O–H groups in total. The highest BCUT2D eigenvalue weighted by Gasteiger charge is 2.41. The van der Waals surface area contributed by atoms with E-state index in [4.69, 9.17) is 22.7 Å². The van der Waals surface area contributed by atoms with Gasteiger partial charge in [0.05, 0.1) is 23.8 Å². The van der Waals surface area contributed by atoms with E-state index in [9.17, 15) is 13.2 Å². The molecule has 1 aromatic carbocycles. The van der Waals surface area contributed by atoms with Gasteiger partial charge >= 0.3 is 6.18 Å². The van der Waals surface area contributed by atoms with Gasteiger partial charge in [0.15, 0.2) is 0 Å². The minimum atomic E-state index is -4.41. The maximum atomic E-state index is 12.8. The fourth-order valence-electron chi connectivity index (χ4n) is 3.04. The van der Waals surface area contributed by atoms with E-state index < -0.39 is 11.7 Å². The standard InChI is InChI=1S/C14H15F3N2OS/c15-14(16,17)7-1-3-10(9(5-7)13(18)21)19-11-6-8-2-4-12(11)20-8/h1,3,5,8,11-12,19H,2,4,6H2,(H2,18,21). The lowest BCUT2D eigenvalue weighted by molar-refractivity contribution is -0.137. The number of alkyl halides is 3. The predicted octanol–water partition coefficient (Wildman–Crippen LogP) is 3.07. The number of rotatable bonds is 3. The molecule has 2 aliphatic rings. The van der Waals surface area contributed by atoms with Crippen LogP contribution in [0.5, 0.6) is 0 Å². The van der Waals surface area contributed by atoms with Crippen LogP contribution in [0.15, 0.2) is 18.2 Å². The zero-order chi connectivity index (χ0) is 15.2. The molecule has 2 heterocycles. The second-order valence-electron chi connectivity index (χ2n) is 5.48. The van der Waals surface area contributed by atoms with Crippen molar-refractivity contribution in [3.05, 3.63) is 29.3 Å². The van der Waals surface area contributed by atoms with Crippen LogP contribution in [0.4, 0.5) is 18.9 Å². The van der Waals surface area contributed by atoms with E-state index in [1.165, 1.54) is 6.07 Å². The van der Waals surface area contributed by atoms with Gasteiger partial charge in [-0.15, -0.1) is 0 Å². The monoisotopic (exact) mass is 316 g/mol. The zero-order valence-corrected chi connectivity index (χ0v) is 11.9. The lowest BCUT2D eigenvalue weighted by Gasteiger charge is -2.23. The van der Waals surface area contributed by atoms with Crippen molar-refractivity contribution in [2.24, 2.45) is 5.73 Å². The number of halogens is 3. The Balaban J connectivity index is 1.86. The van der Waals surface area contributed by atoms with Gasteiger partial charge in [-0.1, -0.05) is 12.2 Å². The van der Waals surface area contributed by atoms with E-state index in [2.05, 4.69) is 5.32 Å². The molecule has 3 rings (SSSR count). The predicted molar refractivity (Wildman–Crippen MR) is 77.3 cm³/mol. The summed E-state index contributed by atoms with van der Waals surface area (Å²) in [5, 5.41) is 3.24. The topological polar surface area (TPSA) is 47.3 Å². The average Bonchev–Trinajstić information content (AvgIpc) is 2.99. The van der Waals surface area contributed by atoms with Crippen LogP contribution in [0.1, 0.15) is 30.4 Å². The van der Waals surface area contributed by atoms with E-state index in [-0.39, 0.29) is 28.8 Å². The second kappa shape index (κ2) is 5.14. The fraction of sp³-hybridized carbons (Fsp3) is 0.500. The third kappa shape index (κ3) is 2.85. The molecule has 3 atom stereocenters. The third-order valence-corrected chi connectivity index (χ3v) is 4.28. The quantitative estimate of drug-likeness (QED) is 0.842. The molecule has 2 aliphatic heterocycles. The molecule has 3 nitrogen and oxygen atoms in total. The van der Waals surface area contributed by atoms with Crippen LogP contribution < -0.4 is 11.1 Å². The minimum absolute atomic E-state index is 0.0484. The molecule has 0 spiro atoms. The Hall–Kier alpha value is -1.34. The summed E-state index contributed by atoms with van der Waals surface area (Å²) in [6, 6.07) is 3.54. The first-order valence-corrected chi connectivity index (χ1v) is 7.18. The van der Waals surface area contributed by atoms with Crippen molar-refractivity contribution in [3.8, 4) is 0 Å². The summed E-state index contributed by atoms with van der Waals surface area (Å²) in [5.74, 6) is 0. The van der Waals surface area contributed by atoms with Gasteiger partial charge in [0.25, 0.3) is 0 Å². The van der Waals surface area contributed by atoms with Crippen LogP contribution in [0, 0.1) is 0 Å². The molecule has 2 bridgehead atoms. The molecule has 0 aromatic heterocycles. The second-order valence-corrected chi connectivity index (χ2v) is 5.92. The zero-order valence-electron chi connectivity index (χ0n) is 11.1. The SMILES string of the molecule is NC(=S)c1cc(C(F)(F)F)ccc1NC1CC2CCC1O2. The summed E-state index contributed by atoms with van der Waals surface area (Å²) >= 11 is 4.88. The van der Waals surface area contributed by atoms with Crippen molar-refractivity contribution in [2.45, 2.75) is 43.7 Å². The normalized spacial score (nSPS) is 27.9. The molecular formula is C14H15F3N2OS. The van der Waals surface area contributed by atoms with Crippen molar-refractivity contribution in [1.29, 1.82) is 0 Å². The first kappa shape index (κ1) is 14.6. The molecule has 1 aromatic rings. The molecule has 7 heteroatoms. The Labute approximate surface area is 125 Å². The molecular weight excluding hydrogens is 301 g/mol. The van der Waals surface area contributed by atoms with Crippen LogP contribution in [0.25, 0.3) is 0 Å². The lowest BCUT2D eigenvalue weighted by Crippen LogP contribution is -2.31. The molecule has 2 saturated heterocycles. The number of hydrogen-bond acceptors (Lipinski definition) is 3. The van der Waals surface area contributed by atoms with E-state index in [0.29, 0.717) is 5.69 Å². The number of ether oxygens (including phenoxy) is 1. The van der Waals surface area contributed by atoms with Crippen molar-refractivity contribution >= 4 is 22.9 Å². The van der Waals surface area contributed by atoms with Crippen LogP contribution in [0.3, 0.4) is 0 Å². The number of fused-ring (bicyclic) bond motifs is 2. The van der Waals surface area contributed by atoms with Gasteiger partial charge in [-0.25, -0.2) is 0 Å². The summed E-state index contributed by atoms with van der Waals surface area (Å²) in [5.41, 5.74) is 5.58. The first-order chi connectivity index (χ1) is 9.84. The van der Waals surface area contributed by atoms with Crippen molar-refractivity contribution in [2.75, 3.05) is 5.32 Å². The Bertz CT molecular complexity index is 576. The average molecular weight is 316 g/mol. The highest BCUT2D eigenvalue weighted by Crippen LogP contribution is 2.37. The minimum Gasteiger partial charge on any atom is -0.389 e. The van der Waals surface area contributed by atoms with Gasteiger partial charge < -0.3 is 15.8 Å². The molecule has 114 valence electrons. The summed E-state index contributed by atoms with van der Waals surface area (Å²) in [7, 11) is 0. The van der Waals surface area contributed by atoms with E-state index >= 15 is 0 Å². The fourth-order valence-corrected chi connectivity index (χ4v) is 3.21. The maximum absolute atomic E-state index is 12.8. The maximum Gasteiger partial charge on any atom is 0.416 e. The molecule has 0 saturated carbocycles. The molecule has 0 aliphatic carbocycles. The Morgan fingerprint density at radius 1 is 1.33 bits per heavy atom. The summed E-state index contributed by atoms with van der Waals surface area (Å²) in [6.45, 7) is 0. The first-order valence-electron chi connectivity index (χ1n) is 6.77. The van der Waals surface area contributed by atoms with Gasteiger partial charge in [0.1, 0.15) is 4.99 Å². The van der Waals surface area contributed by atoms with Crippen LogP contribution >= 0.6 is 12.2 Å². The summed E-state index contributed by atoms with van der Waals surface area (Å²) in [4.78, 5) is -0.0484. The van der Waals surface area contributed by atoms with Crippen molar-refractivity contribution < 1.29 is 17.9 Å². The van der Waals surface area contributed by atoms with E-state index in [0.717, 1.165) is 31.4 Å². The number of thiocarbonyl (C=S) groups is 1. The highest BCUT2D eigenvalue weighted by molar-refractivity contribution is 7.80. The van der Waals surface area contributed by atoms with E-state index in [1.807, 2.05) is 0 Å². The van der Waals surface area contributed by atoms with Crippen LogP contribution in [-0.4, -0.2) is 23.2 Å². The van der Waals surface area contributed by atoms with Crippen LogP contribution in [-0.2, 0) is 10.9 Å². The highest BCUT2D eigenvalue weighted by atomic mass is 32.1. The summed E-state index contributed by atoms with van der Waals surface area (Å²) in [6.07, 6.45) is -1.13. The van der Waals surface area contributed by atoms with Gasteiger partial charge in [-0.05, 0) is 37.5 Å². The van der Waals surface area contributed by atoms with Crippen molar-refractivity contribution in [3.63, 3.8) is 0 Å². The smallest absolute Gasteiger partial charge is 0.389 e. The number of anilines is 1. The summed E-state index contributed by atoms with van der Waals surface area (Å²) < 4.78 is 44.0. The van der Waals surface area contributed by atoms with Gasteiger partial charge in [0.2, 0.25) is 0 Å². The molecule has 0 amide bonds. The third-order valence-electron chi connectivity index (χ3n) is 4.06. The molecule has 21 heavy (non-hydrogen) atoms. The Kier molecular flexibility index (Phi) is 3.57. The van der Waals surface area contributed by atoms with E-state index in [1.54, 1.807) is 0 Å². The van der Waals surface area contributed by atoms with Crippen molar-refractivity contribution in [1.82, 2.24) is 0 Å². The number of nitrogens with one attached hydrogen (secondary N) is 1. The largest absolute Gasteiger partial charge is 0.416 e. The molecule has 0 radical (unpaired) electrons. The molecule has 3 unspecified atom stereocenters.